The summed E-state index contributed by atoms with van der Waals surface area (Å²) < 4.78 is 5.60. The Morgan fingerprint density at radius 2 is 2.13 bits per heavy atom. The maximum absolute atomic E-state index is 5.60. The van der Waals surface area contributed by atoms with Crippen LogP contribution >= 0.6 is 0 Å². The van der Waals surface area contributed by atoms with Crippen LogP contribution in [0.4, 0.5) is 0 Å². The van der Waals surface area contributed by atoms with Crippen molar-refractivity contribution in [1.82, 2.24) is 0 Å². The predicted octanol–water partition coefficient (Wildman–Crippen LogP) is 2.84. The van der Waals surface area contributed by atoms with Crippen molar-refractivity contribution in [3.05, 3.63) is 29.3 Å². The first kappa shape index (κ1) is 10.2. The van der Waals surface area contributed by atoms with E-state index in [9.17, 15) is 0 Å². The lowest BCUT2D eigenvalue weighted by Gasteiger charge is -2.11. The van der Waals surface area contributed by atoms with Crippen LogP contribution in [0.15, 0.2) is 23.2 Å². The smallest absolute Gasteiger partial charge is 0.131 e. The van der Waals surface area contributed by atoms with Crippen LogP contribution in [-0.2, 0) is 6.42 Å². The van der Waals surface area contributed by atoms with Gasteiger partial charge < -0.3 is 4.74 Å². The second-order valence-corrected chi connectivity index (χ2v) is 4.86. The summed E-state index contributed by atoms with van der Waals surface area (Å²) in [7, 11) is 0. The third-order valence-corrected chi connectivity index (χ3v) is 2.34. The van der Waals surface area contributed by atoms with E-state index in [2.05, 4.69) is 44.0 Å². The molecule has 1 aromatic carbocycles. The van der Waals surface area contributed by atoms with Crippen LogP contribution < -0.4 is 4.74 Å². The fraction of sp³-hybridized carbons (Fsp3) is 0.462. The molecule has 0 aliphatic carbocycles. The highest BCUT2D eigenvalue weighted by Crippen LogP contribution is 2.28. The van der Waals surface area contributed by atoms with Crippen molar-refractivity contribution in [1.29, 1.82) is 0 Å². The molecule has 2 heteroatoms. The average molecular weight is 203 g/mol. The van der Waals surface area contributed by atoms with Crippen molar-refractivity contribution in [2.45, 2.75) is 32.7 Å². The summed E-state index contributed by atoms with van der Waals surface area (Å²) in [5.74, 6) is 1.02. The van der Waals surface area contributed by atoms with Gasteiger partial charge in [0.05, 0.1) is 12.1 Å². The quantitative estimate of drug-likeness (QED) is 0.643. The van der Waals surface area contributed by atoms with Gasteiger partial charge in [-0.25, -0.2) is 0 Å². The molecule has 0 saturated heterocycles. The van der Waals surface area contributed by atoms with E-state index >= 15 is 0 Å². The van der Waals surface area contributed by atoms with Crippen LogP contribution in [0.1, 0.15) is 31.9 Å². The first-order valence-corrected chi connectivity index (χ1v) is 5.36. The Morgan fingerprint density at radius 3 is 2.87 bits per heavy atom. The Labute approximate surface area is 91.0 Å². The largest absolute Gasteiger partial charge is 0.492 e. The van der Waals surface area contributed by atoms with Gasteiger partial charge in [0.15, 0.2) is 0 Å². The van der Waals surface area contributed by atoms with E-state index in [1.807, 2.05) is 6.21 Å². The fourth-order valence-electron chi connectivity index (χ4n) is 1.61. The Morgan fingerprint density at radius 1 is 1.33 bits per heavy atom. The van der Waals surface area contributed by atoms with E-state index in [1.165, 1.54) is 5.56 Å². The van der Waals surface area contributed by atoms with Crippen LogP contribution in [-0.4, -0.2) is 18.4 Å². The summed E-state index contributed by atoms with van der Waals surface area (Å²) >= 11 is 0. The van der Waals surface area contributed by atoms with Gasteiger partial charge in [0.2, 0.25) is 0 Å². The number of aliphatic imine (C=N–C) groups is 1. The molecule has 0 unspecified atom stereocenters. The van der Waals surface area contributed by atoms with Crippen LogP contribution in [0.25, 0.3) is 0 Å². The Kier molecular flexibility index (Phi) is 2.51. The predicted molar refractivity (Wildman–Crippen MR) is 63.0 cm³/mol. The van der Waals surface area contributed by atoms with Gasteiger partial charge in [-0.15, -0.1) is 0 Å². The van der Waals surface area contributed by atoms with Gasteiger partial charge in [0.25, 0.3) is 0 Å². The molecule has 1 aliphatic rings. The minimum atomic E-state index is -0.0265. The molecule has 80 valence electrons. The summed E-state index contributed by atoms with van der Waals surface area (Å²) in [4.78, 5) is 4.50. The summed E-state index contributed by atoms with van der Waals surface area (Å²) in [6.45, 7) is 7.07. The van der Waals surface area contributed by atoms with E-state index in [4.69, 9.17) is 4.74 Å². The molecule has 0 saturated carbocycles. The molecule has 0 N–H and O–H groups in total. The molecule has 15 heavy (non-hydrogen) atoms. The lowest BCUT2D eigenvalue weighted by molar-refractivity contribution is 0.356. The average Bonchev–Trinajstić information content (AvgIpc) is 2.61. The van der Waals surface area contributed by atoms with E-state index in [0.717, 1.165) is 24.3 Å². The standard InChI is InChI=1S/C13H17NO/c1-13(2,3)14-9-11-6-4-5-10-7-8-15-12(10)11/h4-6,9H,7-8H2,1-3H3. The van der Waals surface area contributed by atoms with Crippen molar-refractivity contribution in [2.75, 3.05) is 6.61 Å². The number of fused-ring (bicyclic) bond motifs is 1. The first-order valence-electron chi connectivity index (χ1n) is 5.36. The van der Waals surface area contributed by atoms with Crippen LogP contribution in [0, 0.1) is 0 Å². The van der Waals surface area contributed by atoms with Crippen LogP contribution in [0.3, 0.4) is 0 Å². The van der Waals surface area contributed by atoms with Gasteiger partial charge in [-0.05, 0) is 32.4 Å². The van der Waals surface area contributed by atoms with Gasteiger partial charge >= 0.3 is 0 Å². The second kappa shape index (κ2) is 3.69. The molecular formula is C13H17NO. The normalized spacial score (nSPS) is 15.4. The number of hydrogen-bond donors (Lipinski definition) is 0. The van der Waals surface area contributed by atoms with Crippen molar-refractivity contribution in [2.24, 2.45) is 4.99 Å². The number of para-hydroxylation sites is 1. The minimum absolute atomic E-state index is 0.0265. The highest BCUT2D eigenvalue weighted by Gasteiger charge is 2.15. The molecule has 1 aromatic rings. The molecule has 0 fully saturated rings. The Balaban J connectivity index is 2.30. The maximum Gasteiger partial charge on any atom is 0.131 e. The van der Waals surface area contributed by atoms with Gasteiger partial charge in [-0.1, -0.05) is 12.1 Å². The van der Waals surface area contributed by atoms with Gasteiger partial charge in [0.1, 0.15) is 5.75 Å². The zero-order chi connectivity index (χ0) is 10.9. The van der Waals surface area contributed by atoms with Gasteiger partial charge in [-0.3, -0.25) is 4.99 Å². The monoisotopic (exact) mass is 203 g/mol. The molecule has 1 aliphatic heterocycles. The van der Waals surface area contributed by atoms with Crippen LogP contribution in [0.5, 0.6) is 5.75 Å². The van der Waals surface area contributed by atoms with Gasteiger partial charge in [0, 0.05) is 18.2 Å². The molecule has 0 amide bonds. The Bertz CT molecular complexity index is 388. The summed E-state index contributed by atoms with van der Waals surface area (Å²) in [5.41, 5.74) is 2.37. The SMILES string of the molecule is CC(C)(C)N=Cc1cccc2c1OCC2. The number of hydrogen-bond acceptors (Lipinski definition) is 2. The molecule has 0 atom stereocenters. The van der Waals surface area contributed by atoms with Crippen molar-refractivity contribution in [3.8, 4) is 5.75 Å². The summed E-state index contributed by atoms with van der Waals surface area (Å²) in [6.07, 6.45) is 2.94. The molecule has 0 spiro atoms. The van der Waals surface area contributed by atoms with Crippen molar-refractivity contribution >= 4 is 6.21 Å². The summed E-state index contributed by atoms with van der Waals surface area (Å²) in [6, 6.07) is 6.24. The minimum Gasteiger partial charge on any atom is -0.492 e. The van der Waals surface area contributed by atoms with Crippen molar-refractivity contribution in [3.63, 3.8) is 0 Å². The lowest BCUT2D eigenvalue weighted by Crippen LogP contribution is -2.09. The highest BCUT2D eigenvalue weighted by molar-refractivity contribution is 5.84. The van der Waals surface area contributed by atoms with E-state index in [0.29, 0.717) is 0 Å². The molecular weight excluding hydrogens is 186 g/mol. The molecule has 0 radical (unpaired) electrons. The topological polar surface area (TPSA) is 21.6 Å². The van der Waals surface area contributed by atoms with Crippen molar-refractivity contribution < 1.29 is 4.74 Å². The second-order valence-electron chi connectivity index (χ2n) is 4.86. The summed E-state index contributed by atoms with van der Waals surface area (Å²) in [5, 5.41) is 0. The zero-order valence-electron chi connectivity index (χ0n) is 9.58. The van der Waals surface area contributed by atoms with E-state index in [-0.39, 0.29) is 5.54 Å². The Hall–Kier alpha value is -1.31. The number of ether oxygens (including phenoxy) is 1. The first-order chi connectivity index (χ1) is 7.06. The molecule has 0 aromatic heterocycles. The number of nitrogens with zero attached hydrogens (tertiary/aromatic N) is 1. The zero-order valence-corrected chi connectivity index (χ0v) is 9.58. The molecule has 0 bridgehead atoms. The molecule has 2 rings (SSSR count). The number of rotatable bonds is 1. The fourth-order valence-corrected chi connectivity index (χ4v) is 1.61. The van der Waals surface area contributed by atoms with E-state index < -0.39 is 0 Å². The molecule has 2 nitrogen and oxygen atoms in total. The lowest BCUT2D eigenvalue weighted by atomic mass is 10.1. The number of benzene rings is 1. The highest BCUT2D eigenvalue weighted by atomic mass is 16.5. The third kappa shape index (κ3) is 2.38. The van der Waals surface area contributed by atoms with Crippen LogP contribution in [0.2, 0.25) is 0 Å². The van der Waals surface area contributed by atoms with Gasteiger partial charge in [-0.2, -0.15) is 0 Å². The van der Waals surface area contributed by atoms with E-state index in [1.54, 1.807) is 0 Å². The maximum atomic E-state index is 5.60. The molecule has 1 heterocycles. The third-order valence-electron chi connectivity index (χ3n) is 2.34.